The highest BCUT2D eigenvalue weighted by atomic mass is 16.5. The molecular weight excluding hydrogens is 286 g/mol. The van der Waals surface area contributed by atoms with Gasteiger partial charge in [0.15, 0.2) is 0 Å². The summed E-state index contributed by atoms with van der Waals surface area (Å²) in [4.78, 5) is 14.4. The lowest BCUT2D eigenvalue weighted by Gasteiger charge is -2.15. The monoisotopic (exact) mass is 307 g/mol. The van der Waals surface area contributed by atoms with Gasteiger partial charge in [-0.1, -0.05) is 42.5 Å². The predicted molar refractivity (Wildman–Crippen MR) is 92.6 cm³/mol. The smallest absolute Gasteiger partial charge is 0.120 e. The number of hydrogen-bond donors (Lipinski definition) is 1. The average Bonchev–Trinajstić information content (AvgIpc) is 3.00. The summed E-state index contributed by atoms with van der Waals surface area (Å²) in [5.74, 6) is 0.0751. The van der Waals surface area contributed by atoms with Crippen LogP contribution in [0.5, 0.6) is 0 Å². The summed E-state index contributed by atoms with van der Waals surface area (Å²) in [6, 6.07) is 16.3. The standard InChI is InChI=1S/C20H21NO2/c1-15-6-5-9-19-20(15)18(12-21-19)17(10-11-22)14-23-13-16-7-3-2-4-8-16/h2-9,11-12,17,21H,10,13-14H2,1H3. The van der Waals surface area contributed by atoms with E-state index in [0.717, 1.165) is 17.4 Å². The van der Waals surface area contributed by atoms with Gasteiger partial charge in [-0.05, 0) is 29.7 Å². The maximum absolute atomic E-state index is 11.1. The molecule has 1 unspecified atom stereocenters. The molecule has 0 fully saturated rings. The second kappa shape index (κ2) is 7.25. The maximum atomic E-state index is 11.1. The van der Waals surface area contributed by atoms with Crippen molar-refractivity contribution in [3.63, 3.8) is 0 Å². The molecule has 1 aromatic heterocycles. The van der Waals surface area contributed by atoms with Crippen LogP contribution in [0.4, 0.5) is 0 Å². The molecule has 3 rings (SSSR count). The Morgan fingerprint density at radius 1 is 1.13 bits per heavy atom. The molecule has 1 atom stereocenters. The van der Waals surface area contributed by atoms with Gasteiger partial charge in [0, 0.05) is 29.4 Å². The topological polar surface area (TPSA) is 42.1 Å². The van der Waals surface area contributed by atoms with Crippen molar-refractivity contribution in [2.75, 3.05) is 6.61 Å². The van der Waals surface area contributed by atoms with Crippen LogP contribution in [0.15, 0.2) is 54.7 Å². The lowest BCUT2D eigenvalue weighted by molar-refractivity contribution is -0.108. The van der Waals surface area contributed by atoms with E-state index in [0.29, 0.717) is 19.6 Å². The molecule has 0 radical (unpaired) electrons. The zero-order valence-electron chi connectivity index (χ0n) is 13.3. The fourth-order valence-electron chi connectivity index (χ4n) is 3.02. The number of aryl methyl sites for hydroxylation is 1. The summed E-state index contributed by atoms with van der Waals surface area (Å²) in [7, 11) is 0. The van der Waals surface area contributed by atoms with Gasteiger partial charge in [-0.2, -0.15) is 0 Å². The molecule has 3 heteroatoms. The number of hydrogen-bond acceptors (Lipinski definition) is 2. The van der Waals surface area contributed by atoms with Gasteiger partial charge in [-0.15, -0.1) is 0 Å². The molecule has 0 aliphatic heterocycles. The highest BCUT2D eigenvalue weighted by Crippen LogP contribution is 2.30. The number of carbonyl (C=O) groups is 1. The number of benzene rings is 2. The van der Waals surface area contributed by atoms with E-state index in [1.165, 1.54) is 16.5 Å². The lowest BCUT2D eigenvalue weighted by Crippen LogP contribution is -2.09. The number of aromatic nitrogens is 1. The van der Waals surface area contributed by atoms with Crippen molar-refractivity contribution in [2.45, 2.75) is 25.9 Å². The fourth-order valence-corrected chi connectivity index (χ4v) is 3.02. The largest absolute Gasteiger partial charge is 0.376 e. The minimum atomic E-state index is 0.0751. The fraction of sp³-hybridized carbons (Fsp3) is 0.250. The minimum Gasteiger partial charge on any atom is -0.376 e. The van der Waals surface area contributed by atoms with Crippen LogP contribution in [0, 0.1) is 6.92 Å². The van der Waals surface area contributed by atoms with Crippen LogP contribution in [-0.4, -0.2) is 17.9 Å². The molecule has 3 nitrogen and oxygen atoms in total. The highest BCUT2D eigenvalue weighted by molar-refractivity contribution is 5.87. The van der Waals surface area contributed by atoms with E-state index in [4.69, 9.17) is 4.74 Å². The Labute approximate surface area is 136 Å². The molecule has 2 aromatic carbocycles. The summed E-state index contributed by atoms with van der Waals surface area (Å²) >= 11 is 0. The number of ether oxygens (including phenoxy) is 1. The Bertz CT molecular complexity index is 777. The lowest BCUT2D eigenvalue weighted by atomic mass is 9.94. The molecule has 0 aliphatic rings. The third kappa shape index (κ3) is 3.51. The second-order valence-electron chi connectivity index (χ2n) is 5.84. The molecule has 3 aromatic rings. The van der Waals surface area contributed by atoms with Gasteiger partial charge in [-0.25, -0.2) is 0 Å². The molecule has 0 saturated carbocycles. The summed E-state index contributed by atoms with van der Waals surface area (Å²) < 4.78 is 5.87. The van der Waals surface area contributed by atoms with Gasteiger partial charge in [0.2, 0.25) is 0 Å². The first kappa shape index (κ1) is 15.5. The second-order valence-corrected chi connectivity index (χ2v) is 5.84. The molecule has 0 spiro atoms. The van der Waals surface area contributed by atoms with Gasteiger partial charge in [0.25, 0.3) is 0 Å². The van der Waals surface area contributed by atoms with Crippen LogP contribution < -0.4 is 0 Å². The van der Waals surface area contributed by atoms with Crippen molar-refractivity contribution in [3.05, 3.63) is 71.4 Å². The van der Waals surface area contributed by atoms with Gasteiger partial charge in [0.1, 0.15) is 6.29 Å². The molecule has 0 aliphatic carbocycles. The van der Waals surface area contributed by atoms with Crippen LogP contribution in [0.2, 0.25) is 0 Å². The van der Waals surface area contributed by atoms with Crippen LogP contribution in [0.3, 0.4) is 0 Å². The van der Waals surface area contributed by atoms with Gasteiger partial charge < -0.3 is 14.5 Å². The Morgan fingerprint density at radius 3 is 2.74 bits per heavy atom. The number of aromatic amines is 1. The summed E-state index contributed by atoms with van der Waals surface area (Å²) in [5, 5.41) is 1.21. The van der Waals surface area contributed by atoms with Crippen molar-refractivity contribution >= 4 is 17.2 Å². The third-order valence-electron chi connectivity index (χ3n) is 4.20. The van der Waals surface area contributed by atoms with Crippen molar-refractivity contribution in [2.24, 2.45) is 0 Å². The van der Waals surface area contributed by atoms with Gasteiger partial charge in [-0.3, -0.25) is 0 Å². The van der Waals surface area contributed by atoms with Crippen LogP contribution in [-0.2, 0) is 16.1 Å². The van der Waals surface area contributed by atoms with E-state index < -0.39 is 0 Å². The van der Waals surface area contributed by atoms with Crippen molar-refractivity contribution in [1.29, 1.82) is 0 Å². The van der Waals surface area contributed by atoms with Crippen LogP contribution >= 0.6 is 0 Å². The molecular formula is C20H21NO2. The van der Waals surface area contributed by atoms with E-state index >= 15 is 0 Å². The first-order chi connectivity index (χ1) is 11.3. The van der Waals surface area contributed by atoms with E-state index in [1.807, 2.05) is 42.6 Å². The van der Waals surface area contributed by atoms with Crippen LogP contribution in [0.1, 0.15) is 29.0 Å². The van der Waals surface area contributed by atoms with E-state index in [-0.39, 0.29) is 5.92 Å². The molecule has 0 bridgehead atoms. The molecule has 1 N–H and O–H groups in total. The molecule has 1 heterocycles. The first-order valence-electron chi connectivity index (χ1n) is 7.91. The first-order valence-corrected chi connectivity index (χ1v) is 7.91. The van der Waals surface area contributed by atoms with E-state index in [2.05, 4.69) is 24.0 Å². The Hall–Kier alpha value is -2.39. The normalized spacial score (nSPS) is 12.4. The average molecular weight is 307 g/mol. The highest BCUT2D eigenvalue weighted by Gasteiger charge is 2.17. The minimum absolute atomic E-state index is 0.0751. The maximum Gasteiger partial charge on any atom is 0.120 e. The third-order valence-corrected chi connectivity index (χ3v) is 4.20. The number of rotatable bonds is 7. The molecule has 118 valence electrons. The quantitative estimate of drug-likeness (QED) is 0.659. The predicted octanol–water partition coefficient (Wildman–Crippen LogP) is 4.37. The molecule has 0 saturated heterocycles. The zero-order valence-corrected chi connectivity index (χ0v) is 13.3. The van der Waals surface area contributed by atoms with E-state index in [1.54, 1.807) is 0 Å². The Kier molecular flexibility index (Phi) is 4.89. The van der Waals surface area contributed by atoms with Crippen molar-refractivity contribution in [1.82, 2.24) is 4.98 Å². The van der Waals surface area contributed by atoms with Gasteiger partial charge >= 0.3 is 0 Å². The number of nitrogens with one attached hydrogen (secondary N) is 1. The molecule has 0 amide bonds. The van der Waals surface area contributed by atoms with Crippen molar-refractivity contribution in [3.8, 4) is 0 Å². The summed E-state index contributed by atoms with van der Waals surface area (Å²) in [6.07, 6.45) is 3.46. The SMILES string of the molecule is Cc1cccc2[nH]cc(C(CC=O)COCc3ccccc3)c12. The van der Waals surface area contributed by atoms with Crippen molar-refractivity contribution < 1.29 is 9.53 Å². The Balaban J connectivity index is 1.76. The van der Waals surface area contributed by atoms with Crippen LogP contribution in [0.25, 0.3) is 10.9 Å². The number of carbonyl (C=O) groups excluding carboxylic acids is 1. The number of fused-ring (bicyclic) bond motifs is 1. The Morgan fingerprint density at radius 2 is 1.96 bits per heavy atom. The molecule has 23 heavy (non-hydrogen) atoms. The van der Waals surface area contributed by atoms with Gasteiger partial charge in [0.05, 0.1) is 13.2 Å². The number of H-pyrrole nitrogens is 1. The van der Waals surface area contributed by atoms with E-state index in [9.17, 15) is 4.79 Å². The zero-order chi connectivity index (χ0) is 16.1. The summed E-state index contributed by atoms with van der Waals surface area (Å²) in [5.41, 5.74) is 4.64. The number of aldehydes is 1. The summed E-state index contributed by atoms with van der Waals surface area (Å²) in [6.45, 7) is 3.20.